The SMILES string of the molecule is Cc1cccc(C)c1NC(=O)CN(CCC(=O)Nc1cc([N+](=O)[O-])ccc1Br)C1CC1. The number of rotatable bonds is 9. The molecule has 0 saturated heterocycles. The molecule has 0 spiro atoms. The molecule has 1 saturated carbocycles. The molecule has 0 aliphatic heterocycles. The Kier molecular flexibility index (Phi) is 7.40. The van der Waals surface area contributed by atoms with Crippen LogP contribution in [0.25, 0.3) is 0 Å². The monoisotopic (exact) mass is 488 g/mol. The Balaban J connectivity index is 1.56. The third kappa shape index (κ3) is 6.35. The van der Waals surface area contributed by atoms with Crippen molar-refractivity contribution in [3.8, 4) is 0 Å². The van der Waals surface area contributed by atoms with Gasteiger partial charge in [0.05, 0.1) is 17.2 Å². The molecule has 0 radical (unpaired) electrons. The standard InChI is InChI=1S/C22H25BrN4O4/c1-14-4-3-5-15(2)22(14)25-21(29)13-26(16-6-7-16)11-10-20(28)24-19-12-17(27(30)31)8-9-18(19)23/h3-5,8-9,12,16H,6-7,10-11,13H2,1-2H3,(H,24,28)(H,25,29). The minimum Gasteiger partial charge on any atom is -0.325 e. The summed E-state index contributed by atoms with van der Waals surface area (Å²) in [7, 11) is 0. The fraction of sp³-hybridized carbons (Fsp3) is 0.364. The summed E-state index contributed by atoms with van der Waals surface area (Å²) in [5.41, 5.74) is 3.10. The molecular formula is C22H25BrN4O4. The molecule has 3 rings (SSSR count). The van der Waals surface area contributed by atoms with Crippen LogP contribution in [0.4, 0.5) is 17.1 Å². The summed E-state index contributed by atoms with van der Waals surface area (Å²) in [6, 6.07) is 10.4. The topological polar surface area (TPSA) is 105 Å². The fourth-order valence-corrected chi connectivity index (χ4v) is 3.73. The minimum atomic E-state index is -0.508. The summed E-state index contributed by atoms with van der Waals surface area (Å²) in [5.74, 6) is -0.367. The van der Waals surface area contributed by atoms with Gasteiger partial charge in [-0.05, 0) is 59.8 Å². The number of nitrogens with one attached hydrogen (secondary N) is 2. The van der Waals surface area contributed by atoms with E-state index in [1.54, 1.807) is 0 Å². The van der Waals surface area contributed by atoms with Crippen molar-refractivity contribution in [3.05, 3.63) is 62.1 Å². The summed E-state index contributed by atoms with van der Waals surface area (Å²) < 4.78 is 0.568. The number of halogens is 1. The van der Waals surface area contributed by atoms with Crippen LogP contribution in [0, 0.1) is 24.0 Å². The van der Waals surface area contributed by atoms with Gasteiger partial charge in [-0.1, -0.05) is 18.2 Å². The molecule has 164 valence electrons. The summed E-state index contributed by atoms with van der Waals surface area (Å²) in [5, 5.41) is 16.7. The zero-order valence-corrected chi connectivity index (χ0v) is 19.1. The zero-order chi connectivity index (χ0) is 22.5. The fourth-order valence-electron chi connectivity index (χ4n) is 3.39. The molecule has 0 heterocycles. The third-order valence-corrected chi connectivity index (χ3v) is 5.91. The predicted molar refractivity (Wildman–Crippen MR) is 123 cm³/mol. The number of para-hydroxylation sites is 1. The first-order valence-corrected chi connectivity index (χ1v) is 10.9. The van der Waals surface area contributed by atoms with Crippen LogP contribution in [0.5, 0.6) is 0 Å². The summed E-state index contributed by atoms with van der Waals surface area (Å²) in [6.07, 6.45) is 2.20. The van der Waals surface area contributed by atoms with E-state index in [2.05, 4.69) is 26.6 Å². The van der Waals surface area contributed by atoms with Gasteiger partial charge in [-0.3, -0.25) is 24.6 Å². The normalized spacial score (nSPS) is 13.2. The third-order valence-electron chi connectivity index (χ3n) is 5.22. The Morgan fingerprint density at radius 2 is 1.81 bits per heavy atom. The van der Waals surface area contributed by atoms with Gasteiger partial charge in [-0.2, -0.15) is 0 Å². The second-order valence-corrected chi connectivity index (χ2v) is 8.59. The molecule has 0 atom stereocenters. The van der Waals surface area contributed by atoms with Crippen molar-refractivity contribution in [2.75, 3.05) is 23.7 Å². The first kappa shape index (κ1) is 22.9. The molecule has 0 unspecified atom stereocenters. The van der Waals surface area contributed by atoms with Crippen LogP contribution in [0.15, 0.2) is 40.9 Å². The molecule has 0 aromatic heterocycles. The van der Waals surface area contributed by atoms with Crippen LogP contribution in [-0.4, -0.2) is 40.8 Å². The highest BCUT2D eigenvalue weighted by Crippen LogP contribution is 2.29. The van der Waals surface area contributed by atoms with Gasteiger partial charge in [0.15, 0.2) is 0 Å². The molecule has 0 bridgehead atoms. The number of anilines is 2. The van der Waals surface area contributed by atoms with Crippen molar-refractivity contribution in [2.24, 2.45) is 0 Å². The second-order valence-electron chi connectivity index (χ2n) is 7.74. The average Bonchev–Trinajstić information content (AvgIpc) is 3.55. The first-order chi connectivity index (χ1) is 14.7. The number of amides is 2. The molecule has 1 aliphatic rings. The van der Waals surface area contributed by atoms with Crippen LogP contribution in [0.3, 0.4) is 0 Å². The van der Waals surface area contributed by atoms with Gasteiger partial charge in [-0.15, -0.1) is 0 Å². The van der Waals surface area contributed by atoms with E-state index in [-0.39, 0.29) is 30.5 Å². The van der Waals surface area contributed by atoms with Gasteiger partial charge in [0.2, 0.25) is 11.8 Å². The van der Waals surface area contributed by atoms with Gasteiger partial charge >= 0.3 is 0 Å². The maximum Gasteiger partial charge on any atom is 0.271 e. The van der Waals surface area contributed by atoms with Crippen LogP contribution < -0.4 is 10.6 Å². The van der Waals surface area contributed by atoms with E-state index in [0.29, 0.717) is 22.7 Å². The van der Waals surface area contributed by atoms with Crippen molar-refractivity contribution >= 4 is 44.8 Å². The van der Waals surface area contributed by atoms with Crippen LogP contribution >= 0.6 is 15.9 Å². The highest BCUT2D eigenvalue weighted by molar-refractivity contribution is 9.10. The van der Waals surface area contributed by atoms with Gasteiger partial charge in [-0.25, -0.2) is 0 Å². The number of hydrogen-bond donors (Lipinski definition) is 2. The van der Waals surface area contributed by atoms with E-state index < -0.39 is 4.92 Å². The molecule has 2 aromatic rings. The number of benzene rings is 2. The lowest BCUT2D eigenvalue weighted by atomic mass is 10.1. The Morgan fingerprint density at radius 3 is 2.42 bits per heavy atom. The van der Waals surface area contributed by atoms with Crippen molar-refractivity contribution in [1.29, 1.82) is 0 Å². The van der Waals surface area contributed by atoms with E-state index in [4.69, 9.17) is 0 Å². The van der Waals surface area contributed by atoms with Crippen molar-refractivity contribution in [3.63, 3.8) is 0 Å². The molecular weight excluding hydrogens is 464 g/mol. The molecule has 2 amide bonds. The Bertz CT molecular complexity index is 987. The maximum absolute atomic E-state index is 12.6. The van der Waals surface area contributed by atoms with Gasteiger partial charge in [0, 0.05) is 41.3 Å². The lowest BCUT2D eigenvalue weighted by Gasteiger charge is -2.22. The summed E-state index contributed by atoms with van der Waals surface area (Å²) in [6.45, 7) is 4.56. The van der Waals surface area contributed by atoms with Gasteiger partial charge in [0.25, 0.3) is 5.69 Å². The number of hydrogen-bond acceptors (Lipinski definition) is 5. The van der Waals surface area contributed by atoms with Gasteiger partial charge in [0.1, 0.15) is 0 Å². The molecule has 9 heteroatoms. The summed E-state index contributed by atoms with van der Waals surface area (Å²) in [4.78, 5) is 37.5. The highest BCUT2D eigenvalue weighted by atomic mass is 79.9. The van der Waals surface area contributed by atoms with E-state index >= 15 is 0 Å². The van der Waals surface area contributed by atoms with E-state index in [1.165, 1.54) is 18.2 Å². The number of non-ortho nitro benzene ring substituents is 1. The van der Waals surface area contributed by atoms with Crippen molar-refractivity contribution < 1.29 is 14.5 Å². The molecule has 2 N–H and O–H groups in total. The number of aryl methyl sites for hydroxylation is 2. The van der Waals surface area contributed by atoms with Crippen molar-refractivity contribution in [1.82, 2.24) is 4.90 Å². The summed E-state index contributed by atoms with van der Waals surface area (Å²) >= 11 is 3.30. The largest absolute Gasteiger partial charge is 0.325 e. The Morgan fingerprint density at radius 1 is 1.13 bits per heavy atom. The number of nitro groups is 1. The number of nitrogens with zero attached hydrogens (tertiary/aromatic N) is 2. The molecule has 1 aliphatic carbocycles. The first-order valence-electron chi connectivity index (χ1n) is 10.1. The maximum atomic E-state index is 12.6. The number of nitro benzene ring substituents is 1. The Labute approximate surface area is 189 Å². The lowest BCUT2D eigenvalue weighted by Crippen LogP contribution is -2.37. The molecule has 31 heavy (non-hydrogen) atoms. The highest BCUT2D eigenvalue weighted by Gasteiger charge is 2.30. The lowest BCUT2D eigenvalue weighted by molar-refractivity contribution is -0.384. The van der Waals surface area contributed by atoms with E-state index in [9.17, 15) is 19.7 Å². The zero-order valence-electron chi connectivity index (χ0n) is 17.5. The average molecular weight is 489 g/mol. The van der Waals surface area contributed by atoms with E-state index in [0.717, 1.165) is 29.7 Å². The van der Waals surface area contributed by atoms with E-state index in [1.807, 2.05) is 36.9 Å². The quantitative estimate of drug-likeness (QED) is 0.401. The predicted octanol–water partition coefficient (Wildman–Crippen LogP) is 4.41. The van der Waals surface area contributed by atoms with Crippen LogP contribution in [0.2, 0.25) is 0 Å². The minimum absolute atomic E-state index is 0.0960. The molecule has 1 fully saturated rings. The van der Waals surface area contributed by atoms with Crippen LogP contribution in [0.1, 0.15) is 30.4 Å². The molecule has 8 nitrogen and oxygen atoms in total. The van der Waals surface area contributed by atoms with Crippen LogP contribution in [-0.2, 0) is 9.59 Å². The Hall–Kier alpha value is -2.78. The smallest absolute Gasteiger partial charge is 0.271 e. The second kappa shape index (κ2) is 10.0. The van der Waals surface area contributed by atoms with Crippen molar-refractivity contribution in [2.45, 2.75) is 39.2 Å². The number of carbonyl (C=O) groups is 2. The molecule has 2 aromatic carbocycles. The number of carbonyl (C=O) groups excluding carboxylic acids is 2. The van der Waals surface area contributed by atoms with Gasteiger partial charge < -0.3 is 10.6 Å².